The summed E-state index contributed by atoms with van der Waals surface area (Å²) in [6.45, 7) is 4.85. The Balaban J connectivity index is 1.81. The van der Waals surface area contributed by atoms with Gasteiger partial charge >= 0.3 is 0 Å². The highest BCUT2D eigenvalue weighted by atomic mass is 15.2. The molecule has 1 N–H and O–H groups in total. The molecule has 2 rings (SSSR count). The largest absolute Gasteiger partial charge is 0.315 e. The number of hydrogen-bond acceptors (Lipinski definition) is 3. The van der Waals surface area contributed by atoms with Gasteiger partial charge in [0.05, 0.1) is 6.07 Å². The maximum absolute atomic E-state index is 8.53. The number of nitrogens with zero attached hydrogens (tertiary/aromatic N) is 2. The van der Waals surface area contributed by atoms with Crippen LogP contribution in [0.4, 0.5) is 0 Å². The van der Waals surface area contributed by atoms with Gasteiger partial charge in [0, 0.05) is 18.5 Å². The minimum Gasteiger partial charge on any atom is -0.315 e. The molecule has 2 aliphatic rings. The summed E-state index contributed by atoms with van der Waals surface area (Å²) in [6, 6.07) is 2.23. The van der Waals surface area contributed by atoms with E-state index in [0.29, 0.717) is 5.54 Å². The van der Waals surface area contributed by atoms with Gasteiger partial charge in [-0.25, -0.2) is 0 Å². The fourth-order valence-electron chi connectivity index (χ4n) is 3.29. The number of hydrogen-bond donors (Lipinski definition) is 1. The first-order chi connectivity index (χ1) is 7.87. The standard InChI is InChI=1S/C13H23N3/c14-8-2-1-3-10-16-11-5-7-13(16)6-4-9-15-12-13/h15H,1-7,9-12H2. The smallest absolute Gasteiger partial charge is 0.0621 e. The van der Waals surface area contributed by atoms with Crippen molar-refractivity contribution in [3.05, 3.63) is 0 Å². The van der Waals surface area contributed by atoms with E-state index in [-0.39, 0.29) is 0 Å². The van der Waals surface area contributed by atoms with E-state index in [1.54, 1.807) is 0 Å². The Morgan fingerprint density at radius 1 is 1.25 bits per heavy atom. The summed E-state index contributed by atoms with van der Waals surface area (Å²) in [5.41, 5.74) is 0.477. The van der Waals surface area contributed by atoms with Gasteiger partial charge in [-0.3, -0.25) is 4.90 Å². The van der Waals surface area contributed by atoms with E-state index in [1.807, 2.05) is 0 Å². The minimum atomic E-state index is 0.477. The highest BCUT2D eigenvalue weighted by Crippen LogP contribution is 2.34. The summed E-state index contributed by atoms with van der Waals surface area (Å²) in [4.78, 5) is 2.69. The normalized spacial score (nSPS) is 30.7. The van der Waals surface area contributed by atoms with Crippen molar-refractivity contribution in [2.75, 3.05) is 26.2 Å². The Morgan fingerprint density at radius 3 is 2.88 bits per heavy atom. The molecule has 1 unspecified atom stereocenters. The summed E-state index contributed by atoms with van der Waals surface area (Å²) in [5, 5.41) is 12.1. The first kappa shape index (κ1) is 11.9. The van der Waals surface area contributed by atoms with Crippen LogP contribution in [-0.2, 0) is 0 Å². The summed E-state index contributed by atoms with van der Waals surface area (Å²) in [5.74, 6) is 0. The molecule has 0 bridgehead atoms. The topological polar surface area (TPSA) is 39.1 Å². The fraction of sp³-hybridized carbons (Fsp3) is 0.923. The second-order valence-corrected chi connectivity index (χ2v) is 5.21. The molecule has 1 spiro atoms. The zero-order valence-corrected chi connectivity index (χ0v) is 10.2. The van der Waals surface area contributed by atoms with Crippen LogP contribution in [0.1, 0.15) is 44.9 Å². The minimum absolute atomic E-state index is 0.477. The molecule has 0 aromatic heterocycles. The Labute approximate surface area is 98.8 Å². The Morgan fingerprint density at radius 2 is 2.12 bits per heavy atom. The van der Waals surface area contributed by atoms with Gasteiger partial charge in [0.1, 0.15) is 0 Å². The zero-order chi connectivity index (χ0) is 11.3. The van der Waals surface area contributed by atoms with E-state index in [9.17, 15) is 0 Å². The second-order valence-electron chi connectivity index (χ2n) is 5.21. The lowest BCUT2D eigenvalue weighted by Gasteiger charge is -2.42. The molecule has 0 aliphatic carbocycles. The number of nitrogens with one attached hydrogen (secondary N) is 1. The highest BCUT2D eigenvalue weighted by Gasteiger charge is 2.40. The van der Waals surface area contributed by atoms with Crippen LogP contribution in [0.25, 0.3) is 0 Å². The van der Waals surface area contributed by atoms with Gasteiger partial charge in [0.2, 0.25) is 0 Å². The van der Waals surface area contributed by atoms with Crippen molar-refractivity contribution in [2.24, 2.45) is 0 Å². The van der Waals surface area contributed by atoms with Crippen molar-refractivity contribution >= 4 is 0 Å². The fourth-order valence-corrected chi connectivity index (χ4v) is 3.29. The summed E-state index contributed by atoms with van der Waals surface area (Å²) < 4.78 is 0. The number of nitriles is 1. The van der Waals surface area contributed by atoms with Crippen molar-refractivity contribution in [2.45, 2.75) is 50.5 Å². The molecule has 90 valence electrons. The van der Waals surface area contributed by atoms with Gasteiger partial charge in [0.15, 0.2) is 0 Å². The molecular weight excluding hydrogens is 198 g/mol. The third-order valence-electron chi connectivity index (χ3n) is 4.16. The lowest BCUT2D eigenvalue weighted by Crippen LogP contribution is -2.54. The molecule has 0 saturated carbocycles. The summed E-state index contributed by atoms with van der Waals surface area (Å²) >= 11 is 0. The van der Waals surface area contributed by atoms with Gasteiger partial charge in [-0.2, -0.15) is 5.26 Å². The van der Waals surface area contributed by atoms with Crippen LogP contribution in [0.5, 0.6) is 0 Å². The maximum Gasteiger partial charge on any atom is 0.0621 e. The molecule has 16 heavy (non-hydrogen) atoms. The number of rotatable bonds is 4. The molecule has 0 aromatic rings. The van der Waals surface area contributed by atoms with E-state index in [1.165, 1.54) is 58.3 Å². The van der Waals surface area contributed by atoms with Crippen molar-refractivity contribution in [3.63, 3.8) is 0 Å². The summed E-state index contributed by atoms with van der Waals surface area (Å²) in [7, 11) is 0. The van der Waals surface area contributed by atoms with Crippen LogP contribution in [0, 0.1) is 11.3 Å². The first-order valence-electron chi connectivity index (χ1n) is 6.70. The average molecular weight is 221 g/mol. The molecule has 3 heteroatoms. The predicted molar refractivity (Wildman–Crippen MR) is 65.1 cm³/mol. The third-order valence-corrected chi connectivity index (χ3v) is 4.16. The zero-order valence-electron chi connectivity index (χ0n) is 10.2. The van der Waals surface area contributed by atoms with Crippen LogP contribution in [-0.4, -0.2) is 36.6 Å². The Bertz CT molecular complexity index is 250. The first-order valence-corrected chi connectivity index (χ1v) is 6.70. The Hall–Kier alpha value is -0.590. The SMILES string of the molecule is N#CCCCCN1CCCC12CCCNC2. The van der Waals surface area contributed by atoms with Gasteiger partial charge in [-0.15, -0.1) is 0 Å². The molecule has 0 radical (unpaired) electrons. The quantitative estimate of drug-likeness (QED) is 0.737. The van der Waals surface area contributed by atoms with Crippen molar-refractivity contribution < 1.29 is 0 Å². The monoisotopic (exact) mass is 221 g/mol. The third kappa shape index (κ3) is 2.56. The van der Waals surface area contributed by atoms with E-state index < -0.39 is 0 Å². The van der Waals surface area contributed by atoms with Crippen LogP contribution < -0.4 is 5.32 Å². The van der Waals surface area contributed by atoms with Gasteiger partial charge in [0.25, 0.3) is 0 Å². The molecule has 2 aliphatic heterocycles. The van der Waals surface area contributed by atoms with Crippen molar-refractivity contribution in [1.29, 1.82) is 5.26 Å². The van der Waals surface area contributed by atoms with E-state index in [0.717, 1.165) is 12.8 Å². The lowest BCUT2D eigenvalue weighted by molar-refractivity contribution is 0.104. The van der Waals surface area contributed by atoms with Crippen LogP contribution in [0.3, 0.4) is 0 Å². The molecule has 2 fully saturated rings. The highest BCUT2D eigenvalue weighted by molar-refractivity contribution is 4.99. The molecule has 2 saturated heterocycles. The van der Waals surface area contributed by atoms with Crippen LogP contribution in [0.2, 0.25) is 0 Å². The molecule has 0 amide bonds. The van der Waals surface area contributed by atoms with Gasteiger partial charge in [-0.1, -0.05) is 0 Å². The Kier molecular flexibility index (Phi) is 4.20. The maximum atomic E-state index is 8.53. The summed E-state index contributed by atoms with van der Waals surface area (Å²) in [6.07, 6.45) is 8.41. The van der Waals surface area contributed by atoms with Crippen molar-refractivity contribution in [1.82, 2.24) is 10.2 Å². The van der Waals surface area contributed by atoms with Gasteiger partial charge < -0.3 is 5.32 Å². The van der Waals surface area contributed by atoms with Crippen LogP contribution in [0.15, 0.2) is 0 Å². The average Bonchev–Trinajstić information content (AvgIpc) is 2.69. The molecular formula is C13H23N3. The number of unbranched alkanes of at least 4 members (excludes halogenated alkanes) is 2. The second kappa shape index (κ2) is 5.65. The molecule has 2 heterocycles. The van der Waals surface area contributed by atoms with E-state index in [2.05, 4.69) is 16.3 Å². The van der Waals surface area contributed by atoms with E-state index in [4.69, 9.17) is 5.26 Å². The van der Waals surface area contributed by atoms with Crippen molar-refractivity contribution in [3.8, 4) is 6.07 Å². The predicted octanol–water partition coefficient (Wildman–Crippen LogP) is 1.90. The number of likely N-dealkylation sites (tertiary alicyclic amines) is 1. The van der Waals surface area contributed by atoms with E-state index >= 15 is 0 Å². The molecule has 3 nitrogen and oxygen atoms in total. The molecule has 0 aromatic carbocycles. The number of piperidine rings is 1. The lowest BCUT2D eigenvalue weighted by atomic mass is 9.87. The van der Waals surface area contributed by atoms with Gasteiger partial charge in [-0.05, 0) is 58.2 Å². The molecule has 1 atom stereocenters. The van der Waals surface area contributed by atoms with Crippen LogP contribution >= 0.6 is 0 Å².